The third-order valence-corrected chi connectivity index (χ3v) is 15.1. The molecule has 75 heavy (non-hydrogen) atoms. The van der Waals surface area contributed by atoms with E-state index in [4.69, 9.17) is 10.2 Å². The third kappa shape index (κ3) is 26.1. The Labute approximate surface area is 471 Å². The Morgan fingerprint density at radius 2 is 0.667 bits per heavy atom. The summed E-state index contributed by atoms with van der Waals surface area (Å²) >= 11 is 0. The van der Waals surface area contributed by atoms with E-state index in [0.717, 1.165) is 54.6 Å². The number of allylic oxidation sites excluding steroid dienone is 2. The van der Waals surface area contributed by atoms with Gasteiger partial charge in [-0.3, -0.25) is 0 Å². The molecule has 0 spiro atoms. The summed E-state index contributed by atoms with van der Waals surface area (Å²) in [7, 11) is 0. The van der Waals surface area contributed by atoms with Crippen molar-refractivity contribution in [2.45, 2.75) is 274 Å². The molecule has 5 heteroatoms. The van der Waals surface area contributed by atoms with Gasteiger partial charge >= 0.3 is 0 Å². The van der Waals surface area contributed by atoms with Gasteiger partial charge in [0.1, 0.15) is 0 Å². The summed E-state index contributed by atoms with van der Waals surface area (Å²) in [5, 5.41) is 17.1. The molecule has 0 aliphatic carbocycles. The number of aliphatic hydroxyl groups excluding tert-OH is 2. The molecule has 0 aromatic heterocycles. The summed E-state index contributed by atoms with van der Waals surface area (Å²) in [6.45, 7) is 16.6. The fraction of sp³-hybridized carbons (Fsp3) is 0.600. The Morgan fingerprint density at radius 1 is 0.360 bits per heavy atom. The molecule has 5 rings (SSSR count). The van der Waals surface area contributed by atoms with E-state index in [1.165, 1.54) is 196 Å². The topological polar surface area (TPSA) is 65.8 Å². The molecule has 0 saturated carbocycles. The van der Waals surface area contributed by atoms with Crippen molar-refractivity contribution in [2.24, 2.45) is 0 Å². The van der Waals surface area contributed by atoms with Crippen molar-refractivity contribution in [3.63, 3.8) is 0 Å². The van der Waals surface area contributed by atoms with Gasteiger partial charge in [0.25, 0.3) is 0 Å². The van der Waals surface area contributed by atoms with E-state index in [9.17, 15) is 5.53 Å². The zero-order valence-electron chi connectivity index (χ0n) is 49.0. The van der Waals surface area contributed by atoms with E-state index in [0.29, 0.717) is 0 Å². The minimum absolute atomic E-state index is 0. The summed E-state index contributed by atoms with van der Waals surface area (Å²) in [6.07, 6.45) is 43.7. The molecule has 4 aromatic rings. The second-order valence-electron chi connectivity index (χ2n) is 21.5. The standard InChI is InChI=1S/C56H92N2.2C7H8O.Ni/c1-8-15-22-27-28-33-38-50-45-55(51-41-46(34-29-23-16-9-2)53(39-20-13-6)47(42-51)35-30-24-17-10-3)58(57)56(50)52-43-48(36-31-25-18-11-4)54(40-21-14-7)49(44-52)37-32-26-19-12-5;2*8-6-7-4-2-1-3-5-7;/h41-45H,8-40H2,1-7H3;2*1-5,8H,6H2;. The smallest absolute Gasteiger partial charge is 0.210 e. The van der Waals surface area contributed by atoms with Crippen LogP contribution in [0, 0.1) is 0 Å². The predicted molar refractivity (Wildman–Crippen MR) is 323 cm³/mol. The maximum absolute atomic E-state index is 12.7. The number of aliphatic hydroxyl groups is 2. The van der Waals surface area contributed by atoms with Crippen LogP contribution in [-0.2, 0) is 68.2 Å². The van der Waals surface area contributed by atoms with E-state index in [1.807, 2.05) is 60.7 Å². The molecule has 2 N–H and O–H groups in total. The van der Waals surface area contributed by atoms with Gasteiger partial charge in [0.05, 0.1) is 13.2 Å². The van der Waals surface area contributed by atoms with E-state index in [1.54, 1.807) is 38.1 Å². The van der Waals surface area contributed by atoms with E-state index < -0.39 is 0 Å². The number of unbranched alkanes of at least 4 members (excludes halogenated alkanes) is 19. The first-order valence-electron chi connectivity index (χ1n) is 30.9. The van der Waals surface area contributed by atoms with Gasteiger partial charge in [-0.25, -0.2) is 4.70 Å². The maximum Gasteiger partial charge on any atom is 0.210 e. The summed E-state index contributed by atoms with van der Waals surface area (Å²) in [5.41, 5.74) is 30.0. The molecular formula is C70H108N2NiO2. The zero-order chi connectivity index (χ0) is 53.4. The molecular weight excluding hydrogens is 959 g/mol. The normalized spacial score (nSPS) is 12.0. The molecule has 0 unspecified atom stereocenters. The Balaban J connectivity index is 0.000000955. The molecule has 0 amide bonds. The summed E-state index contributed by atoms with van der Waals surface area (Å²) < 4.78 is 1.66. The van der Waals surface area contributed by atoms with Crippen LogP contribution in [0.15, 0.2) is 96.6 Å². The van der Waals surface area contributed by atoms with Gasteiger partial charge in [0.15, 0.2) is 0 Å². The van der Waals surface area contributed by atoms with Crippen LogP contribution >= 0.6 is 0 Å². The van der Waals surface area contributed by atoms with Crippen LogP contribution in [0.4, 0.5) is 0 Å². The van der Waals surface area contributed by atoms with Gasteiger partial charge in [-0.2, -0.15) is 0 Å². The Morgan fingerprint density at radius 3 is 1.00 bits per heavy atom. The van der Waals surface area contributed by atoms with Crippen LogP contribution in [0.5, 0.6) is 0 Å². The molecule has 0 atom stereocenters. The van der Waals surface area contributed by atoms with Gasteiger partial charge in [-0.1, -0.05) is 231 Å². The van der Waals surface area contributed by atoms with Crippen molar-refractivity contribution in [1.82, 2.24) is 0 Å². The SMILES string of the molecule is CCCCCCCCC1=C(c2cc(CCCCCC)c(CCCC)c(CCCCCC)c2)[N+](=[N-])C(c2cc(CCCCCC)c(CCCC)c(CCCCCC)c2)=C1.OCc1ccccc1.OCc1ccccc1.[Ni]. The number of hydrogen-bond donors (Lipinski definition) is 2. The van der Waals surface area contributed by atoms with Crippen molar-refractivity contribution in [2.75, 3.05) is 0 Å². The fourth-order valence-electron chi connectivity index (χ4n) is 10.6. The van der Waals surface area contributed by atoms with Crippen LogP contribution in [0.25, 0.3) is 16.9 Å². The minimum Gasteiger partial charge on any atom is -0.493 e. The number of benzene rings is 4. The van der Waals surface area contributed by atoms with E-state index in [2.05, 4.69) is 78.8 Å². The van der Waals surface area contributed by atoms with Crippen LogP contribution in [0.2, 0.25) is 0 Å². The Hall–Kier alpha value is -3.63. The van der Waals surface area contributed by atoms with Gasteiger partial charge in [0, 0.05) is 39.3 Å². The van der Waals surface area contributed by atoms with Crippen molar-refractivity contribution in [3.8, 4) is 0 Å². The average molecular weight is 1070 g/mol. The number of aryl methyl sites for hydroxylation is 4. The van der Waals surface area contributed by atoms with Gasteiger partial charge in [-0.15, -0.1) is 0 Å². The van der Waals surface area contributed by atoms with Gasteiger partial charge in [0.2, 0.25) is 11.4 Å². The van der Waals surface area contributed by atoms with Crippen LogP contribution in [0.1, 0.15) is 277 Å². The van der Waals surface area contributed by atoms with Crippen LogP contribution in [-0.4, -0.2) is 14.9 Å². The zero-order valence-corrected chi connectivity index (χ0v) is 50.0. The van der Waals surface area contributed by atoms with Crippen molar-refractivity contribution in [1.29, 1.82) is 0 Å². The summed E-state index contributed by atoms with van der Waals surface area (Å²) in [6, 6.07) is 29.1. The molecule has 1 aliphatic heterocycles. The first kappa shape index (κ1) is 67.5. The molecule has 4 nitrogen and oxygen atoms in total. The average Bonchev–Trinajstić information content (AvgIpc) is 3.77. The monoisotopic (exact) mass is 1070 g/mol. The van der Waals surface area contributed by atoms with Crippen molar-refractivity contribution >= 4 is 11.4 Å². The third-order valence-electron chi connectivity index (χ3n) is 15.1. The molecule has 0 bridgehead atoms. The first-order valence-corrected chi connectivity index (χ1v) is 30.9. The minimum atomic E-state index is 0. The molecule has 0 saturated heterocycles. The van der Waals surface area contributed by atoms with Crippen LogP contribution in [0.3, 0.4) is 0 Å². The second-order valence-corrected chi connectivity index (χ2v) is 21.5. The molecule has 420 valence electrons. The molecule has 1 aliphatic rings. The molecule has 0 radical (unpaired) electrons. The Kier molecular flexibility index (Phi) is 39.0. The van der Waals surface area contributed by atoms with Gasteiger partial charge in [-0.05, 0) is 159 Å². The molecule has 1 heterocycles. The van der Waals surface area contributed by atoms with Crippen LogP contribution < -0.4 is 0 Å². The maximum atomic E-state index is 12.7. The summed E-state index contributed by atoms with van der Waals surface area (Å²) in [4.78, 5) is 0. The quantitative estimate of drug-likeness (QED) is 0.0268. The second kappa shape index (κ2) is 43.4. The first-order chi connectivity index (χ1) is 36.3. The molecule has 0 fully saturated rings. The van der Waals surface area contributed by atoms with E-state index in [-0.39, 0.29) is 29.7 Å². The van der Waals surface area contributed by atoms with E-state index >= 15 is 0 Å². The molecule has 4 aromatic carbocycles. The predicted octanol–water partition coefficient (Wildman–Crippen LogP) is 20.8. The number of nitrogens with zero attached hydrogens (tertiary/aromatic N) is 2. The van der Waals surface area contributed by atoms with Gasteiger partial charge < -0.3 is 15.7 Å². The van der Waals surface area contributed by atoms with Crippen molar-refractivity contribution < 1.29 is 31.4 Å². The largest absolute Gasteiger partial charge is 0.493 e. The summed E-state index contributed by atoms with van der Waals surface area (Å²) in [5.74, 6) is 0. The number of rotatable bonds is 37. The fourth-order valence-corrected chi connectivity index (χ4v) is 10.6. The number of hydrogen-bond acceptors (Lipinski definition) is 2. The Bertz CT molecular complexity index is 2030. The van der Waals surface area contributed by atoms with Crippen molar-refractivity contribution in [3.05, 3.63) is 158 Å².